The third-order valence-corrected chi connectivity index (χ3v) is 3.51. The first-order valence-electron chi connectivity index (χ1n) is 7.35. The average Bonchev–Trinajstić information content (AvgIpc) is 2.62. The van der Waals surface area contributed by atoms with Crippen molar-refractivity contribution in [1.82, 2.24) is 10.7 Å². The highest BCUT2D eigenvalue weighted by Crippen LogP contribution is 2.38. The van der Waals surface area contributed by atoms with Crippen LogP contribution in [-0.2, 0) is 6.18 Å². The molecule has 0 saturated carbocycles. The number of halogens is 3. The van der Waals surface area contributed by atoms with E-state index in [1.165, 1.54) is 12.3 Å². The number of rotatable bonds is 5. The molecule has 0 amide bonds. The summed E-state index contributed by atoms with van der Waals surface area (Å²) in [7, 11) is 1.60. The van der Waals surface area contributed by atoms with Crippen molar-refractivity contribution < 1.29 is 22.8 Å². The third kappa shape index (κ3) is 5.38. The van der Waals surface area contributed by atoms with Crippen molar-refractivity contribution in [3.05, 3.63) is 63.7 Å². The SMILES string of the molecule is CNC(=S)N/N=C\c1ccccc1Oc1ccc(C(F)(F)F)cc1[N+](=O)[O-]. The van der Waals surface area contributed by atoms with Crippen molar-refractivity contribution in [2.75, 3.05) is 7.05 Å². The molecule has 0 saturated heterocycles. The summed E-state index contributed by atoms with van der Waals surface area (Å²) in [4.78, 5) is 10.2. The zero-order chi connectivity index (χ0) is 20.0. The van der Waals surface area contributed by atoms with Gasteiger partial charge in [0.1, 0.15) is 5.75 Å². The number of thiocarbonyl (C=S) groups is 1. The monoisotopic (exact) mass is 398 g/mol. The molecule has 2 aromatic carbocycles. The Kier molecular flexibility index (Phi) is 6.29. The Morgan fingerprint density at radius 2 is 1.96 bits per heavy atom. The lowest BCUT2D eigenvalue weighted by molar-refractivity contribution is -0.385. The van der Waals surface area contributed by atoms with Gasteiger partial charge >= 0.3 is 11.9 Å². The molecule has 7 nitrogen and oxygen atoms in total. The van der Waals surface area contributed by atoms with Gasteiger partial charge in [0.05, 0.1) is 16.7 Å². The molecule has 0 aromatic heterocycles. The Balaban J connectivity index is 2.34. The molecule has 2 N–H and O–H groups in total. The van der Waals surface area contributed by atoms with Gasteiger partial charge in [-0.3, -0.25) is 15.5 Å². The van der Waals surface area contributed by atoms with Crippen LogP contribution in [0.15, 0.2) is 47.6 Å². The fourth-order valence-corrected chi connectivity index (χ4v) is 1.99. The quantitative estimate of drug-likeness (QED) is 0.344. The molecule has 11 heteroatoms. The number of nitrogens with one attached hydrogen (secondary N) is 2. The summed E-state index contributed by atoms with van der Waals surface area (Å²) in [5, 5.41) is 18.0. The maximum absolute atomic E-state index is 12.8. The topological polar surface area (TPSA) is 88.8 Å². The summed E-state index contributed by atoms with van der Waals surface area (Å²) in [5.74, 6) is -0.158. The molecular formula is C16H13F3N4O3S. The standard InChI is InChI=1S/C16H13F3N4O3S/c1-20-15(27)22-21-9-10-4-2-3-5-13(10)26-14-7-6-11(16(17,18)19)8-12(14)23(24)25/h2-9H,1H3,(H2,20,22,27)/b21-9-. The van der Waals surface area contributed by atoms with Gasteiger partial charge in [0.2, 0.25) is 5.75 Å². The van der Waals surface area contributed by atoms with Crippen LogP contribution >= 0.6 is 12.2 Å². The van der Waals surface area contributed by atoms with Gasteiger partial charge < -0.3 is 10.1 Å². The van der Waals surface area contributed by atoms with Crippen molar-refractivity contribution in [2.45, 2.75) is 6.18 Å². The molecular weight excluding hydrogens is 385 g/mol. The van der Waals surface area contributed by atoms with Crippen LogP contribution in [0.1, 0.15) is 11.1 Å². The van der Waals surface area contributed by atoms with E-state index in [-0.39, 0.29) is 16.6 Å². The second-order valence-electron chi connectivity index (χ2n) is 5.03. The molecule has 0 heterocycles. The maximum Gasteiger partial charge on any atom is 0.416 e. The van der Waals surface area contributed by atoms with Gasteiger partial charge in [-0.05, 0) is 36.5 Å². The summed E-state index contributed by atoms with van der Waals surface area (Å²) < 4.78 is 43.8. The zero-order valence-electron chi connectivity index (χ0n) is 13.8. The predicted molar refractivity (Wildman–Crippen MR) is 97.0 cm³/mol. The Bertz CT molecular complexity index is 887. The van der Waals surface area contributed by atoms with E-state index < -0.39 is 22.4 Å². The van der Waals surface area contributed by atoms with E-state index in [2.05, 4.69) is 15.8 Å². The fourth-order valence-electron chi connectivity index (χ4n) is 1.94. The van der Waals surface area contributed by atoms with Crippen LogP contribution in [-0.4, -0.2) is 23.3 Å². The molecule has 27 heavy (non-hydrogen) atoms. The normalized spacial score (nSPS) is 11.3. The third-order valence-electron chi connectivity index (χ3n) is 3.22. The first kappa shape index (κ1) is 20.1. The minimum absolute atomic E-state index is 0.168. The van der Waals surface area contributed by atoms with Crippen LogP contribution in [0.3, 0.4) is 0 Å². The van der Waals surface area contributed by atoms with Crippen molar-refractivity contribution in [1.29, 1.82) is 0 Å². The van der Waals surface area contributed by atoms with E-state index in [1.54, 1.807) is 25.2 Å². The summed E-state index contributed by atoms with van der Waals surface area (Å²) in [6.45, 7) is 0. The van der Waals surface area contributed by atoms with E-state index in [0.717, 1.165) is 6.07 Å². The first-order valence-corrected chi connectivity index (χ1v) is 7.76. The van der Waals surface area contributed by atoms with Crippen molar-refractivity contribution in [3.63, 3.8) is 0 Å². The summed E-state index contributed by atoms with van der Waals surface area (Å²) >= 11 is 4.86. The Morgan fingerprint density at radius 1 is 1.26 bits per heavy atom. The highest BCUT2D eigenvalue weighted by atomic mass is 32.1. The lowest BCUT2D eigenvalue weighted by Crippen LogP contribution is -2.28. The first-order chi connectivity index (χ1) is 12.7. The Morgan fingerprint density at radius 3 is 2.59 bits per heavy atom. The maximum atomic E-state index is 12.8. The van der Waals surface area contributed by atoms with Crippen LogP contribution in [0.4, 0.5) is 18.9 Å². The number of nitro benzene ring substituents is 1. The predicted octanol–water partition coefficient (Wildman–Crippen LogP) is 3.83. The number of ether oxygens (including phenoxy) is 1. The molecule has 0 atom stereocenters. The van der Waals surface area contributed by atoms with Crippen molar-refractivity contribution in [3.8, 4) is 11.5 Å². The molecule has 2 aromatic rings. The summed E-state index contributed by atoms with van der Waals surface area (Å²) in [5.41, 5.74) is 1.02. The van der Waals surface area contributed by atoms with Crippen LogP contribution in [0.25, 0.3) is 0 Å². The smallest absolute Gasteiger partial charge is 0.416 e. The van der Waals surface area contributed by atoms with Gasteiger partial charge in [0, 0.05) is 18.7 Å². The summed E-state index contributed by atoms with van der Waals surface area (Å²) in [6.07, 6.45) is -3.35. The molecule has 0 aliphatic carbocycles. The van der Waals surface area contributed by atoms with Crippen molar-refractivity contribution >= 4 is 29.2 Å². The lowest BCUT2D eigenvalue weighted by Gasteiger charge is -2.11. The Hall–Kier alpha value is -3.21. The molecule has 142 valence electrons. The van der Waals surface area contributed by atoms with E-state index in [4.69, 9.17) is 17.0 Å². The second kappa shape index (κ2) is 8.45. The highest BCUT2D eigenvalue weighted by Gasteiger charge is 2.33. The van der Waals surface area contributed by atoms with Crippen LogP contribution in [0.2, 0.25) is 0 Å². The number of para-hydroxylation sites is 1. The number of hydrogen-bond donors (Lipinski definition) is 2. The minimum atomic E-state index is -4.70. The molecule has 0 spiro atoms. The van der Waals surface area contributed by atoms with Gasteiger partial charge in [-0.1, -0.05) is 12.1 Å². The number of nitro groups is 1. The van der Waals surface area contributed by atoms with Crippen LogP contribution in [0.5, 0.6) is 11.5 Å². The van der Waals surface area contributed by atoms with Gasteiger partial charge in [-0.15, -0.1) is 0 Å². The van der Waals surface area contributed by atoms with Gasteiger partial charge in [-0.2, -0.15) is 18.3 Å². The summed E-state index contributed by atoms with van der Waals surface area (Å²) in [6, 6.07) is 8.44. The molecule has 2 rings (SSSR count). The van der Waals surface area contributed by atoms with E-state index in [0.29, 0.717) is 17.7 Å². The average molecular weight is 398 g/mol. The number of hydrogen-bond acceptors (Lipinski definition) is 5. The fraction of sp³-hybridized carbons (Fsp3) is 0.125. The number of alkyl halides is 3. The largest absolute Gasteiger partial charge is 0.449 e. The molecule has 0 radical (unpaired) electrons. The Labute approximate surface area is 157 Å². The molecule has 0 unspecified atom stereocenters. The highest BCUT2D eigenvalue weighted by molar-refractivity contribution is 7.80. The lowest BCUT2D eigenvalue weighted by atomic mass is 10.1. The second-order valence-corrected chi connectivity index (χ2v) is 5.43. The van der Waals surface area contributed by atoms with Gasteiger partial charge in [-0.25, -0.2) is 0 Å². The van der Waals surface area contributed by atoms with E-state index in [9.17, 15) is 23.3 Å². The number of benzene rings is 2. The number of nitrogens with zero attached hydrogens (tertiary/aromatic N) is 2. The van der Waals surface area contributed by atoms with Gasteiger partial charge in [0.25, 0.3) is 0 Å². The van der Waals surface area contributed by atoms with Crippen molar-refractivity contribution in [2.24, 2.45) is 5.10 Å². The van der Waals surface area contributed by atoms with E-state index in [1.807, 2.05) is 0 Å². The molecule has 0 aliphatic rings. The molecule has 0 aliphatic heterocycles. The number of hydrazone groups is 1. The van der Waals surface area contributed by atoms with Crippen LogP contribution in [0, 0.1) is 10.1 Å². The molecule has 0 fully saturated rings. The van der Waals surface area contributed by atoms with Gasteiger partial charge in [0.15, 0.2) is 5.11 Å². The molecule has 0 bridgehead atoms. The van der Waals surface area contributed by atoms with E-state index >= 15 is 0 Å². The minimum Gasteiger partial charge on any atom is -0.449 e. The zero-order valence-corrected chi connectivity index (χ0v) is 14.6. The van der Waals surface area contributed by atoms with Crippen LogP contribution < -0.4 is 15.5 Å².